The second-order valence-electron chi connectivity index (χ2n) is 4.15. The Hall–Kier alpha value is -0.860. The standard InChI is InChI=1S/C13H17ClN2/c14-13-7-2-1-5-11(13)9-16-12-6-3-4-8-15-10-12/h1-2,5,7,9,12,15H,3-4,6,8,10H2/b16-9+/t12-/m1/s1. The molecule has 0 unspecified atom stereocenters. The summed E-state index contributed by atoms with van der Waals surface area (Å²) in [4.78, 5) is 4.60. The number of rotatable bonds is 2. The van der Waals surface area contributed by atoms with Crippen LogP contribution in [0.1, 0.15) is 24.8 Å². The second kappa shape index (κ2) is 6.02. The summed E-state index contributed by atoms with van der Waals surface area (Å²) in [6.07, 6.45) is 5.60. The molecule has 1 N–H and O–H groups in total. The van der Waals surface area contributed by atoms with E-state index < -0.39 is 0 Å². The fourth-order valence-corrected chi connectivity index (χ4v) is 2.08. The Kier molecular flexibility index (Phi) is 4.37. The fraction of sp³-hybridized carbons (Fsp3) is 0.462. The van der Waals surface area contributed by atoms with Gasteiger partial charge >= 0.3 is 0 Å². The van der Waals surface area contributed by atoms with Crippen LogP contribution in [-0.4, -0.2) is 25.3 Å². The molecule has 16 heavy (non-hydrogen) atoms. The summed E-state index contributed by atoms with van der Waals surface area (Å²) in [6.45, 7) is 2.11. The molecule has 1 aromatic carbocycles. The Bertz CT molecular complexity index is 355. The molecule has 1 aliphatic rings. The van der Waals surface area contributed by atoms with Gasteiger partial charge in [-0.15, -0.1) is 0 Å². The van der Waals surface area contributed by atoms with Crippen LogP contribution >= 0.6 is 11.6 Å². The molecule has 1 aliphatic heterocycles. The lowest BCUT2D eigenvalue weighted by molar-refractivity contribution is 0.605. The van der Waals surface area contributed by atoms with Crippen molar-refractivity contribution in [3.8, 4) is 0 Å². The summed E-state index contributed by atoms with van der Waals surface area (Å²) in [6, 6.07) is 8.22. The normalized spacial score (nSPS) is 22.2. The molecule has 0 radical (unpaired) electrons. The molecule has 2 rings (SSSR count). The van der Waals surface area contributed by atoms with Gasteiger partial charge in [0.05, 0.1) is 6.04 Å². The maximum absolute atomic E-state index is 6.07. The van der Waals surface area contributed by atoms with Crippen LogP contribution in [0, 0.1) is 0 Å². The first-order chi connectivity index (χ1) is 7.86. The van der Waals surface area contributed by atoms with E-state index in [0.717, 1.165) is 23.7 Å². The van der Waals surface area contributed by atoms with Gasteiger partial charge < -0.3 is 5.32 Å². The molecule has 2 nitrogen and oxygen atoms in total. The van der Waals surface area contributed by atoms with Crippen LogP contribution in [-0.2, 0) is 0 Å². The number of benzene rings is 1. The summed E-state index contributed by atoms with van der Waals surface area (Å²) in [5.74, 6) is 0. The van der Waals surface area contributed by atoms with Crippen molar-refractivity contribution >= 4 is 17.8 Å². The number of hydrogen-bond donors (Lipinski definition) is 1. The van der Waals surface area contributed by atoms with Crippen molar-refractivity contribution < 1.29 is 0 Å². The van der Waals surface area contributed by atoms with Crippen LogP contribution in [0.15, 0.2) is 29.3 Å². The Morgan fingerprint density at radius 3 is 3.06 bits per heavy atom. The van der Waals surface area contributed by atoms with Gasteiger partial charge in [0.25, 0.3) is 0 Å². The monoisotopic (exact) mass is 236 g/mol. The lowest BCUT2D eigenvalue weighted by Crippen LogP contribution is -2.23. The second-order valence-corrected chi connectivity index (χ2v) is 4.56. The van der Waals surface area contributed by atoms with E-state index >= 15 is 0 Å². The van der Waals surface area contributed by atoms with Gasteiger partial charge in [0.1, 0.15) is 0 Å². The lowest BCUT2D eigenvalue weighted by Gasteiger charge is -2.08. The molecule has 0 aromatic heterocycles. The van der Waals surface area contributed by atoms with Crippen LogP contribution in [0.2, 0.25) is 5.02 Å². The predicted octanol–water partition coefficient (Wildman–Crippen LogP) is 2.90. The number of nitrogens with zero attached hydrogens (tertiary/aromatic N) is 1. The summed E-state index contributed by atoms with van der Waals surface area (Å²) in [5.41, 5.74) is 1.01. The highest BCUT2D eigenvalue weighted by Crippen LogP contribution is 2.13. The molecule has 0 spiro atoms. The highest BCUT2D eigenvalue weighted by Gasteiger charge is 2.09. The molecule has 0 aliphatic carbocycles. The topological polar surface area (TPSA) is 24.4 Å². The minimum Gasteiger partial charge on any atom is -0.315 e. The molecule has 0 saturated carbocycles. The zero-order valence-electron chi connectivity index (χ0n) is 9.32. The maximum Gasteiger partial charge on any atom is 0.0624 e. The van der Waals surface area contributed by atoms with Gasteiger partial charge in [-0.25, -0.2) is 0 Å². The van der Waals surface area contributed by atoms with Gasteiger partial charge in [-0.05, 0) is 25.5 Å². The van der Waals surface area contributed by atoms with Gasteiger partial charge in [0, 0.05) is 23.3 Å². The Morgan fingerprint density at radius 2 is 2.19 bits per heavy atom. The van der Waals surface area contributed by atoms with E-state index in [-0.39, 0.29) is 0 Å². The van der Waals surface area contributed by atoms with E-state index in [1.807, 2.05) is 30.5 Å². The highest BCUT2D eigenvalue weighted by molar-refractivity contribution is 6.33. The number of hydrogen-bond acceptors (Lipinski definition) is 2. The van der Waals surface area contributed by atoms with Crippen molar-refractivity contribution in [2.45, 2.75) is 25.3 Å². The average molecular weight is 237 g/mol. The molecule has 0 amide bonds. The van der Waals surface area contributed by atoms with E-state index in [9.17, 15) is 0 Å². The Balaban J connectivity index is 2.00. The lowest BCUT2D eigenvalue weighted by atomic mass is 10.1. The molecule has 0 bridgehead atoms. The van der Waals surface area contributed by atoms with E-state index in [0.29, 0.717) is 6.04 Å². The molecule has 1 fully saturated rings. The predicted molar refractivity (Wildman–Crippen MR) is 69.6 cm³/mol. The first-order valence-electron chi connectivity index (χ1n) is 5.85. The average Bonchev–Trinajstić information content (AvgIpc) is 2.56. The summed E-state index contributed by atoms with van der Waals surface area (Å²) in [7, 11) is 0. The van der Waals surface area contributed by atoms with Gasteiger partial charge in [-0.3, -0.25) is 4.99 Å². The molecule has 1 heterocycles. The number of halogens is 1. The number of nitrogens with one attached hydrogen (secondary N) is 1. The first-order valence-corrected chi connectivity index (χ1v) is 6.22. The van der Waals surface area contributed by atoms with E-state index in [1.54, 1.807) is 0 Å². The van der Waals surface area contributed by atoms with Crippen molar-refractivity contribution in [1.82, 2.24) is 5.32 Å². The fourth-order valence-electron chi connectivity index (χ4n) is 1.89. The third kappa shape index (κ3) is 3.32. The molecular formula is C13H17ClN2. The Labute approximate surface area is 102 Å². The first kappa shape index (κ1) is 11.6. The van der Waals surface area contributed by atoms with Crippen LogP contribution in [0.25, 0.3) is 0 Å². The molecule has 1 saturated heterocycles. The third-order valence-electron chi connectivity index (χ3n) is 2.85. The van der Waals surface area contributed by atoms with Crippen molar-refractivity contribution in [3.05, 3.63) is 34.9 Å². The van der Waals surface area contributed by atoms with Crippen LogP contribution in [0.5, 0.6) is 0 Å². The molecular weight excluding hydrogens is 220 g/mol. The van der Waals surface area contributed by atoms with Gasteiger partial charge in [0.15, 0.2) is 0 Å². The van der Waals surface area contributed by atoms with E-state index in [2.05, 4.69) is 10.3 Å². The SMILES string of the molecule is Clc1ccccc1/C=N/[C@@H]1CCCCNC1. The van der Waals surface area contributed by atoms with E-state index in [1.165, 1.54) is 19.3 Å². The summed E-state index contributed by atoms with van der Waals surface area (Å²) in [5, 5.41) is 4.17. The quantitative estimate of drug-likeness (QED) is 0.785. The van der Waals surface area contributed by atoms with E-state index in [4.69, 9.17) is 11.6 Å². The van der Waals surface area contributed by atoms with Crippen LogP contribution in [0.4, 0.5) is 0 Å². The van der Waals surface area contributed by atoms with Gasteiger partial charge in [-0.1, -0.05) is 36.2 Å². The summed E-state index contributed by atoms with van der Waals surface area (Å²) >= 11 is 6.07. The Morgan fingerprint density at radius 1 is 1.31 bits per heavy atom. The summed E-state index contributed by atoms with van der Waals surface area (Å²) < 4.78 is 0. The molecule has 1 atom stereocenters. The van der Waals surface area contributed by atoms with Crippen molar-refractivity contribution in [2.24, 2.45) is 4.99 Å². The molecule has 86 valence electrons. The minimum atomic E-state index is 0.402. The minimum absolute atomic E-state index is 0.402. The van der Waals surface area contributed by atoms with Gasteiger partial charge in [0.2, 0.25) is 0 Å². The maximum atomic E-state index is 6.07. The smallest absolute Gasteiger partial charge is 0.0624 e. The molecule has 3 heteroatoms. The highest BCUT2D eigenvalue weighted by atomic mass is 35.5. The third-order valence-corrected chi connectivity index (χ3v) is 3.19. The molecule has 1 aromatic rings. The van der Waals surface area contributed by atoms with Crippen LogP contribution in [0.3, 0.4) is 0 Å². The van der Waals surface area contributed by atoms with Crippen LogP contribution < -0.4 is 5.32 Å². The zero-order valence-corrected chi connectivity index (χ0v) is 10.1. The van der Waals surface area contributed by atoms with Crippen molar-refractivity contribution in [3.63, 3.8) is 0 Å². The van der Waals surface area contributed by atoms with Gasteiger partial charge in [-0.2, -0.15) is 0 Å². The van der Waals surface area contributed by atoms with Crippen molar-refractivity contribution in [2.75, 3.05) is 13.1 Å². The zero-order chi connectivity index (χ0) is 11.2. The number of aliphatic imine (C=N–C) groups is 1. The largest absolute Gasteiger partial charge is 0.315 e. The van der Waals surface area contributed by atoms with Crippen molar-refractivity contribution in [1.29, 1.82) is 0 Å².